The first kappa shape index (κ1) is 13.5. The van der Waals surface area contributed by atoms with Crippen LogP contribution in [-0.2, 0) is 7.05 Å². The summed E-state index contributed by atoms with van der Waals surface area (Å²) in [5.41, 5.74) is 4.95. The van der Waals surface area contributed by atoms with Gasteiger partial charge >= 0.3 is 11.1 Å². The van der Waals surface area contributed by atoms with E-state index in [-0.39, 0.29) is 6.04 Å². The van der Waals surface area contributed by atoms with Crippen molar-refractivity contribution in [3.8, 4) is 0 Å². The minimum atomic E-state index is -0.805. The molecule has 0 spiro atoms. The fourth-order valence-corrected chi connectivity index (χ4v) is 2.14. The molecular formula is C11H13N5O2S. The second-order valence-corrected chi connectivity index (χ2v) is 5.05. The van der Waals surface area contributed by atoms with E-state index >= 15 is 0 Å². The monoisotopic (exact) mass is 279 g/mol. The van der Waals surface area contributed by atoms with E-state index in [1.165, 1.54) is 16.4 Å². The first-order valence-corrected chi connectivity index (χ1v) is 6.36. The van der Waals surface area contributed by atoms with Crippen LogP contribution in [0.25, 0.3) is 0 Å². The van der Waals surface area contributed by atoms with Crippen molar-refractivity contribution in [2.75, 3.05) is 0 Å². The van der Waals surface area contributed by atoms with Gasteiger partial charge in [-0.3, -0.25) is 24.4 Å². The molecule has 1 unspecified atom stereocenters. The zero-order valence-corrected chi connectivity index (χ0v) is 11.3. The van der Waals surface area contributed by atoms with Gasteiger partial charge in [0.15, 0.2) is 5.16 Å². The summed E-state index contributed by atoms with van der Waals surface area (Å²) in [4.78, 5) is 31.0. The van der Waals surface area contributed by atoms with Gasteiger partial charge < -0.3 is 5.73 Å². The Balaban J connectivity index is 2.29. The number of hydrogen-bond acceptors (Lipinski definition) is 6. The van der Waals surface area contributed by atoms with Gasteiger partial charge in [-0.1, -0.05) is 0 Å². The number of nitrogens with one attached hydrogen (secondary N) is 1. The van der Waals surface area contributed by atoms with E-state index in [9.17, 15) is 9.59 Å². The lowest BCUT2D eigenvalue weighted by Crippen LogP contribution is -2.33. The highest BCUT2D eigenvalue weighted by atomic mass is 32.2. The number of nitrogens with zero attached hydrogens (tertiary/aromatic N) is 3. The number of rotatable bonds is 3. The molecule has 1 atom stereocenters. The number of aryl methyl sites for hydroxylation is 1. The lowest BCUT2D eigenvalue weighted by molar-refractivity contribution is 0.596. The molecule has 3 N–H and O–H groups in total. The fraction of sp³-hybridized carbons (Fsp3) is 0.273. The predicted octanol–water partition coefficient (Wildman–Crippen LogP) is 0.0345. The van der Waals surface area contributed by atoms with E-state index < -0.39 is 11.1 Å². The van der Waals surface area contributed by atoms with Crippen LogP contribution in [0.4, 0.5) is 0 Å². The van der Waals surface area contributed by atoms with E-state index in [0.29, 0.717) is 5.16 Å². The average molecular weight is 279 g/mol. The second kappa shape index (κ2) is 5.37. The van der Waals surface area contributed by atoms with Crippen molar-refractivity contribution in [2.45, 2.75) is 23.0 Å². The highest BCUT2D eigenvalue weighted by Gasteiger charge is 2.07. The number of pyridine rings is 1. The third kappa shape index (κ3) is 3.09. The topological polar surface area (TPSA) is 107 Å². The standard InChI is InChI=1S/C11H13N5O2S/c1-6(12)8-4-3-7(5-13-8)19-11-14-9(17)10(18)15-16(11)2/h3-6H,12H2,1-2H3,(H,15,18). The molecule has 0 saturated heterocycles. The lowest BCUT2D eigenvalue weighted by atomic mass is 10.2. The number of hydrogen-bond donors (Lipinski definition) is 2. The molecular weight excluding hydrogens is 266 g/mol. The minimum Gasteiger partial charge on any atom is -0.323 e. The highest BCUT2D eigenvalue weighted by molar-refractivity contribution is 7.99. The molecule has 19 heavy (non-hydrogen) atoms. The molecule has 0 fully saturated rings. The Morgan fingerprint density at radius 3 is 2.74 bits per heavy atom. The van der Waals surface area contributed by atoms with Crippen molar-refractivity contribution in [1.82, 2.24) is 19.7 Å². The van der Waals surface area contributed by atoms with Gasteiger partial charge in [-0.25, -0.2) is 0 Å². The average Bonchev–Trinajstić information content (AvgIpc) is 2.36. The van der Waals surface area contributed by atoms with Crippen molar-refractivity contribution in [3.05, 3.63) is 44.7 Å². The molecule has 8 heteroatoms. The predicted molar refractivity (Wildman–Crippen MR) is 71.1 cm³/mol. The van der Waals surface area contributed by atoms with Crippen molar-refractivity contribution >= 4 is 11.8 Å². The van der Waals surface area contributed by atoms with Crippen LogP contribution in [-0.4, -0.2) is 19.7 Å². The van der Waals surface area contributed by atoms with Crippen LogP contribution >= 0.6 is 11.8 Å². The number of nitrogens with two attached hydrogens (primary N) is 1. The largest absolute Gasteiger partial charge is 0.339 e. The van der Waals surface area contributed by atoms with Gasteiger partial charge in [0.25, 0.3) is 0 Å². The molecule has 2 heterocycles. The SMILES string of the molecule is CC(N)c1ccc(Sc2nc(=O)c(=O)[nH]n2C)cn1. The van der Waals surface area contributed by atoms with Crippen LogP contribution in [0.15, 0.2) is 38.0 Å². The van der Waals surface area contributed by atoms with Crippen LogP contribution in [0.1, 0.15) is 18.7 Å². The Kier molecular flexibility index (Phi) is 3.82. The van der Waals surface area contributed by atoms with Gasteiger partial charge in [0, 0.05) is 24.2 Å². The summed E-state index contributed by atoms with van der Waals surface area (Å²) in [7, 11) is 1.61. The van der Waals surface area contributed by atoms with Gasteiger partial charge in [0.1, 0.15) is 0 Å². The third-order valence-corrected chi connectivity index (χ3v) is 3.41. The maximum Gasteiger partial charge on any atom is 0.339 e. The fourth-order valence-electron chi connectivity index (χ4n) is 1.38. The van der Waals surface area contributed by atoms with Crippen molar-refractivity contribution < 1.29 is 0 Å². The zero-order valence-electron chi connectivity index (χ0n) is 10.5. The maximum absolute atomic E-state index is 11.2. The molecule has 0 radical (unpaired) electrons. The smallest absolute Gasteiger partial charge is 0.323 e. The van der Waals surface area contributed by atoms with Crippen LogP contribution in [0.3, 0.4) is 0 Å². The summed E-state index contributed by atoms with van der Waals surface area (Å²) in [6.45, 7) is 1.85. The third-order valence-electron chi connectivity index (χ3n) is 2.38. The van der Waals surface area contributed by atoms with Crippen LogP contribution in [0.5, 0.6) is 0 Å². The van der Waals surface area contributed by atoms with Crippen molar-refractivity contribution in [1.29, 1.82) is 0 Å². The van der Waals surface area contributed by atoms with E-state index in [2.05, 4.69) is 15.1 Å². The lowest BCUT2D eigenvalue weighted by Gasteiger charge is -2.07. The minimum absolute atomic E-state index is 0.130. The van der Waals surface area contributed by atoms with Gasteiger partial charge in [0.05, 0.1) is 5.69 Å². The summed E-state index contributed by atoms with van der Waals surface area (Å²) in [6, 6.07) is 3.53. The van der Waals surface area contributed by atoms with Crippen LogP contribution in [0, 0.1) is 0 Å². The summed E-state index contributed by atoms with van der Waals surface area (Å²) >= 11 is 1.24. The van der Waals surface area contributed by atoms with Crippen molar-refractivity contribution in [2.24, 2.45) is 12.8 Å². The highest BCUT2D eigenvalue weighted by Crippen LogP contribution is 2.23. The Morgan fingerprint density at radius 1 is 1.42 bits per heavy atom. The Hall–Kier alpha value is -1.93. The molecule has 0 bridgehead atoms. The van der Waals surface area contributed by atoms with Crippen molar-refractivity contribution in [3.63, 3.8) is 0 Å². The van der Waals surface area contributed by atoms with Crippen LogP contribution < -0.4 is 16.9 Å². The Bertz CT molecular complexity index is 689. The summed E-state index contributed by atoms with van der Waals surface area (Å²) in [5, 5.41) is 2.77. The molecule has 2 aromatic heterocycles. The maximum atomic E-state index is 11.2. The number of aromatic amines is 1. The normalized spacial score (nSPS) is 12.4. The first-order valence-electron chi connectivity index (χ1n) is 5.54. The summed E-state index contributed by atoms with van der Waals surface area (Å²) in [5.74, 6) is 0. The molecule has 0 saturated carbocycles. The second-order valence-electron chi connectivity index (χ2n) is 4.01. The van der Waals surface area contributed by atoms with Gasteiger partial charge in [0.2, 0.25) is 0 Å². The molecule has 0 aliphatic rings. The Morgan fingerprint density at radius 2 is 2.16 bits per heavy atom. The quantitative estimate of drug-likeness (QED) is 0.768. The van der Waals surface area contributed by atoms with Crippen LogP contribution in [0.2, 0.25) is 0 Å². The molecule has 0 amide bonds. The zero-order chi connectivity index (χ0) is 14.0. The van der Waals surface area contributed by atoms with Gasteiger partial charge in [-0.2, -0.15) is 4.98 Å². The molecule has 0 aliphatic heterocycles. The van der Waals surface area contributed by atoms with E-state index in [4.69, 9.17) is 5.73 Å². The molecule has 7 nitrogen and oxygen atoms in total. The summed E-state index contributed by atoms with van der Waals surface area (Å²) in [6.07, 6.45) is 1.65. The first-order chi connectivity index (χ1) is 8.97. The van der Waals surface area contributed by atoms with Gasteiger partial charge in [-0.15, -0.1) is 0 Å². The number of H-pyrrole nitrogens is 1. The van der Waals surface area contributed by atoms with E-state index in [1.807, 2.05) is 19.1 Å². The molecule has 0 aliphatic carbocycles. The molecule has 100 valence electrons. The van der Waals surface area contributed by atoms with Gasteiger partial charge in [-0.05, 0) is 30.8 Å². The number of aromatic nitrogens is 4. The Labute approximate surface area is 112 Å². The summed E-state index contributed by atoms with van der Waals surface area (Å²) < 4.78 is 1.40. The molecule has 2 rings (SSSR count). The molecule has 0 aromatic carbocycles. The van der Waals surface area contributed by atoms with E-state index in [0.717, 1.165) is 10.6 Å². The van der Waals surface area contributed by atoms with E-state index in [1.54, 1.807) is 13.2 Å². The molecule has 2 aromatic rings.